The van der Waals surface area contributed by atoms with Gasteiger partial charge >= 0.3 is 0 Å². The smallest absolute Gasteiger partial charge is 0.174 e. The first kappa shape index (κ1) is 8.96. The summed E-state index contributed by atoms with van der Waals surface area (Å²) in [5.41, 5.74) is -0.138. The van der Waals surface area contributed by atoms with E-state index in [4.69, 9.17) is 0 Å². The van der Waals surface area contributed by atoms with Crippen LogP contribution in [0.2, 0.25) is 0 Å². The molecule has 0 saturated carbocycles. The molecule has 0 unspecified atom stereocenters. The van der Waals surface area contributed by atoms with Crippen molar-refractivity contribution in [3.05, 3.63) is 15.7 Å². The molecule has 0 aliphatic heterocycles. The third-order valence-corrected chi connectivity index (χ3v) is 2.28. The molecule has 0 amide bonds. The zero-order valence-electron chi connectivity index (χ0n) is 6.73. The van der Waals surface area contributed by atoms with E-state index in [1.165, 1.54) is 6.20 Å². The van der Waals surface area contributed by atoms with Crippen molar-refractivity contribution in [2.45, 2.75) is 26.3 Å². The van der Waals surface area contributed by atoms with Crippen molar-refractivity contribution in [1.29, 1.82) is 0 Å². The molecule has 1 aromatic rings. The number of hydrogen-bond donors (Lipinski definition) is 0. The minimum absolute atomic E-state index is 0.138. The molecule has 0 aromatic carbocycles. The van der Waals surface area contributed by atoms with Crippen LogP contribution in [0.25, 0.3) is 0 Å². The van der Waals surface area contributed by atoms with Crippen LogP contribution in [-0.4, -0.2) is 9.78 Å². The first-order valence-corrected chi connectivity index (χ1v) is 4.40. The van der Waals surface area contributed by atoms with Crippen LogP contribution in [0.5, 0.6) is 0 Å². The summed E-state index contributed by atoms with van der Waals surface area (Å²) in [5.74, 6) is -0.250. The molecule has 62 valence electrons. The molecule has 0 saturated heterocycles. The van der Waals surface area contributed by atoms with Crippen molar-refractivity contribution < 1.29 is 4.39 Å². The Bertz CT molecular complexity index is 262. The van der Waals surface area contributed by atoms with Crippen molar-refractivity contribution in [3.63, 3.8) is 0 Å². The molecule has 0 aliphatic rings. The predicted octanol–water partition coefficient (Wildman–Crippen LogP) is 2.38. The van der Waals surface area contributed by atoms with Gasteiger partial charge in [0, 0.05) is 0 Å². The summed E-state index contributed by atoms with van der Waals surface area (Å²) in [5, 5.41) is 3.92. The summed E-state index contributed by atoms with van der Waals surface area (Å²) in [7, 11) is 0. The van der Waals surface area contributed by atoms with E-state index >= 15 is 0 Å². The van der Waals surface area contributed by atoms with Crippen LogP contribution in [0.4, 0.5) is 4.39 Å². The number of rotatable bonds is 0. The van der Waals surface area contributed by atoms with Gasteiger partial charge in [0.1, 0.15) is 3.70 Å². The fraction of sp³-hybridized carbons (Fsp3) is 0.571. The summed E-state index contributed by atoms with van der Waals surface area (Å²) in [6, 6.07) is 0. The van der Waals surface area contributed by atoms with E-state index in [1.54, 1.807) is 4.68 Å². The second kappa shape index (κ2) is 2.73. The molecule has 1 rings (SSSR count). The van der Waals surface area contributed by atoms with E-state index in [-0.39, 0.29) is 11.4 Å². The van der Waals surface area contributed by atoms with Crippen LogP contribution < -0.4 is 0 Å². The van der Waals surface area contributed by atoms with Crippen molar-refractivity contribution in [2.75, 3.05) is 0 Å². The van der Waals surface area contributed by atoms with Crippen molar-refractivity contribution in [3.8, 4) is 0 Å². The summed E-state index contributed by atoms with van der Waals surface area (Å²) in [6.07, 6.45) is 1.24. The quantitative estimate of drug-likeness (QED) is 0.660. The zero-order valence-corrected chi connectivity index (χ0v) is 8.89. The van der Waals surface area contributed by atoms with Gasteiger partial charge in [0.2, 0.25) is 0 Å². The maximum absolute atomic E-state index is 12.8. The Morgan fingerprint density at radius 2 is 2.09 bits per heavy atom. The van der Waals surface area contributed by atoms with Crippen LogP contribution in [0.15, 0.2) is 6.20 Å². The second-order valence-corrected chi connectivity index (χ2v) is 4.39. The van der Waals surface area contributed by atoms with Gasteiger partial charge in [-0.05, 0) is 43.4 Å². The largest absolute Gasteiger partial charge is 0.251 e. The van der Waals surface area contributed by atoms with E-state index in [1.807, 2.05) is 43.4 Å². The molecule has 1 heterocycles. The highest BCUT2D eigenvalue weighted by molar-refractivity contribution is 14.1. The molecule has 11 heavy (non-hydrogen) atoms. The summed E-state index contributed by atoms with van der Waals surface area (Å²) in [4.78, 5) is 0. The maximum atomic E-state index is 12.8. The predicted molar refractivity (Wildman–Crippen MR) is 49.9 cm³/mol. The topological polar surface area (TPSA) is 17.8 Å². The maximum Gasteiger partial charge on any atom is 0.174 e. The highest BCUT2D eigenvalue weighted by atomic mass is 127. The van der Waals surface area contributed by atoms with Crippen molar-refractivity contribution in [1.82, 2.24) is 9.78 Å². The van der Waals surface area contributed by atoms with Gasteiger partial charge in [-0.3, -0.25) is 4.68 Å². The Morgan fingerprint density at radius 1 is 1.55 bits per heavy atom. The molecule has 0 N–H and O–H groups in total. The Balaban J connectivity index is 3.15. The van der Waals surface area contributed by atoms with Gasteiger partial charge < -0.3 is 0 Å². The van der Waals surface area contributed by atoms with Gasteiger partial charge in [-0.1, -0.05) is 0 Å². The molecule has 4 heteroatoms. The highest BCUT2D eigenvalue weighted by Crippen LogP contribution is 2.19. The average Bonchev–Trinajstić information content (AvgIpc) is 2.11. The monoisotopic (exact) mass is 268 g/mol. The molecule has 1 aromatic heterocycles. The standard InChI is InChI=1S/C7H10FIN2/c1-7(2,3)11-6(9)5(8)4-10-11/h4H,1-3H3. The first-order valence-electron chi connectivity index (χ1n) is 3.32. The number of nitrogens with zero attached hydrogens (tertiary/aromatic N) is 2. The van der Waals surface area contributed by atoms with Gasteiger partial charge in [-0.15, -0.1) is 0 Å². The van der Waals surface area contributed by atoms with Gasteiger partial charge in [0.25, 0.3) is 0 Å². The molecule has 0 bridgehead atoms. The van der Waals surface area contributed by atoms with Crippen LogP contribution in [0.1, 0.15) is 20.8 Å². The fourth-order valence-corrected chi connectivity index (χ4v) is 1.77. The normalized spacial score (nSPS) is 12.1. The Hall–Kier alpha value is -0.130. The Labute approximate surface area is 78.9 Å². The molecular weight excluding hydrogens is 258 g/mol. The number of halogens is 2. The highest BCUT2D eigenvalue weighted by Gasteiger charge is 2.18. The van der Waals surface area contributed by atoms with E-state index in [0.29, 0.717) is 3.70 Å². The van der Waals surface area contributed by atoms with Crippen molar-refractivity contribution in [2.24, 2.45) is 0 Å². The lowest BCUT2D eigenvalue weighted by atomic mass is 10.1. The molecule has 2 nitrogen and oxygen atoms in total. The van der Waals surface area contributed by atoms with Crippen LogP contribution in [0, 0.1) is 9.52 Å². The van der Waals surface area contributed by atoms with Crippen LogP contribution >= 0.6 is 22.6 Å². The van der Waals surface area contributed by atoms with Crippen LogP contribution in [0.3, 0.4) is 0 Å². The minimum atomic E-state index is -0.250. The van der Waals surface area contributed by atoms with E-state index in [2.05, 4.69) is 5.10 Å². The third kappa shape index (κ3) is 1.72. The van der Waals surface area contributed by atoms with Gasteiger partial charge in [-0.2, -0.15) is 5.10 Å². The Kier molecular flexibility index (Phi) is 2.22. The molecule has 0 radical (unpaired) electrons. The Morgan fingerprint density at radius 3 is 2.27 bits per heavy atom. The van der Waals surface area contributed by atoms with Gasteiger partial charge in [0.05, 0.1) is 11.7 Å². The average molecular weight is 268 g/mol. The van der Waals surface area contributed by atoms with Crippen LogP contribution in [-0.2, 0) is 5.54 Å². The third-order valence-electron chi connectivity index (χ3n) is 1.30. The van der Waals surface area contributed by atoms with E-state index in [0.717, 1.165) is 0 Å². The van der Waals surface area contributed by atoms with E-state index in [9.17, 15) is 4.39 Å². The minimum Gasteiger partial charge on any atom is -0.251 e. The van der Waals surface area contributed by atoms with Gasteiger partial charge in [-0.25, -0.2) is 4.39 Å². The molecule has 0 atom stereocenters. The lowest BCUT2D eigenvalue weighted by Crippen LogP contribution is -2.24. The fourth-order valence-electron chi connectivity index (χ4n) is 0.781. The molecule has 0 fully saturated rings. The van der Waals surface area contributed by atoms with Crippen molar-refractivity contribution >= 4 is 22.6 Å². The SMILES string of the molecule is CC(C)(C)n1ncc(F)c1I. The second-order valence-electron chi connectivity index (χ2n) is 3.37. The first-order chi connectivity index (χ1) is 4.93. The molecular formula is C7H10FIN2. The summed E-state index contributed by atoms with van der Waals surface area (Å²) in [6.45, 7) is 5.96. The summed E-state index contributed by atoms with van der Waals surface area (Å²) >= 11 is 1.95. The number of aromatic nitrogens is 2. The lowest BCUT2D eigenvalue weighted by Gasteiger charge is -2.19. The van der Waals surface area contributed by atoms with E-state index < -0.39 is 0 Å². The molecule has 0 aliphatic carbocycles. The summed E-state index contributed by atoms with van der Waals surface area (Å²) < 4.78 is 15.0. The molecule has 0 spiro atoms. The number of hydrogen-bond acceptors (Lipinski definition) is 1. The zero-order chi connectivity index (χ0) is 8.65. The van der Waals surface area contributed by atoms with Gasteiger partial charge in [0.15, 0.2) is 5.82 Å². The lowest BCUT2D eigenvalue weighted by molar-refractivity contribution is 0.345.